The molecular weight excluding hydrogens is 280 g/mol. The molecule has 0 unspecified atom stereocenters. The van der Waals surface area contributed by atoms with Crippen molar-refractivity contribution in [3.05, 3.63) is 58.2 Å². The van der Waals surface area contributed by atoms with Gasteiger partial charge in [0.05, 0.1) is 5.88 Å². The number of benzene rings is 1. The highest BCUT2D eigenvalue weighted by atomic mass is 35.5. The Kier molecular flexibility index (Phi) is 4.67. The SMILES string of the molecule is Cc1cc(C(C)(C)C)cc(C)c1Cc1ncc(CCl)cn1. The minimum absolute atomic E-state index is 0.173. The number of hydrogen-bond donors (Lipinski definition) is 0. The minimum atomic E-state index is 0.173. The van der Waals surface area contributed by atoms with Crippen molar-refractivity contribution in [2.45, 2.75) is 52.3 Å². The number of rotatable bonds is 3. The molecule has 2 aromatic rings. The predicted molar refractivity (Wildman–Crippen MR) is 89.0 cm³/mol. The smallest absolute Gasteiger partial charge is 0.132 e. The van der Waals surface area contributed by atoms with Crippen LogP contribution in [0.1, 0.15) is 54.4 Å². The average Bonchev–Trinajstić information content (AvgIpc) is 2.42. The summed E-state index contributed by atoms with van der Waals surface area (Å²) in [6.45, 7) is 11.1. The van der Waals surface area contributed by atoms with Crippen molar-refractivity contribution in [2.24, 2.45) is 0 Å². The largest absolute Gasteiger partial charge is 0.241 e. The summed E-state index contributed by atoms with van der Waals surface area (Å²) >= 11 is 5.77. The van der Waals surface area contributed by atoms with E-state index in [1.807, 2.05) is 12.4 Å². The first kappa shape index (κ1) is 16.0. The van der Waals surface area contributed by atoms with Crippen LogP contribution in [-0.2, 0) is 17.7 Å². The highest BCUT2D eigenvalue weighted by Gasteiger charge is 2.16. The van der Waals surface area contributed by atoms with Crippen LogP contribution in [0.25, 0.3) is 0 Å². The highest BCUT2D eigenvalue weighted by molar-refractivity contribution is 6.17. The molecule has 2 nitrogen and oxygen atoms in total. The van der Waals surface area contributed by atoms with Crippen molar-refractivity contribution >= 4 is 11.6 Å². The Morgan fingerprint density at radius 2 is 1.52 bits per heavy atom. The Balaban J connectivity index is 2.31. The van der Waals surface area contributed by atoms with E-state index in [4.69, 9.17) is 11.6 Å². The molecule has 1 heterocycles. The molecule has 0 spiro atoms. The summed E-state index contributed by atoms with van der Waals surface area (Å²) < 4.78 is 0. The molecule has 2 rings (SSSR count). The van der Waals surface area contributed by atoms with E-state index < -0.39 is 0 Å². The molecule has 0 aliphatic heterocycles. The number of aromatic nitrogens is 2. The van der Waals surface area contributed by atoms with Crippen LogP contribution in [0.15, 0.2) is 24.5 Å². The summed E-state index contributed by atoms with van der Waals surface area (Å²) in [5, 5.41) is 0. The molecule has 112 valence electrons. The Morgan fingerprint density at radius 3 is 1.95 bits per heavy atom. The molecule has 1 aromatic carbocycles. The number of hydrogen-bond acceptors (Lipinski definition) is 2. The van der Waals surface area contributed by atoms with E-state index in [0.717, 1.165) is 17.8 Å². The molecule has 0 saturated heterocycles. The molecule has 1 aromatic heterocycles. The molecule has 0 atom stereocenters. The van der Waals surface area contributed by atoms with Gasteiger partial charge in [0.1, 0.15) is 5.82 Å². The van der Waals surface area contributed by atoms with Gasteiger partial charge < -0.3 is 0 Å². The zero-order chi connectivity index (χ0) is 15.6. The molecule has 21 heavy (non-hydrogen) atoms. The number of nitrogens with zero attached hydrogens (tertiary/aromatic N) is 2. The maximum absolute atomic E-state index is 5.77. The second kappa shape index (κ2) is 6.15. The van der Waals surface area contributed by atoms with Gasteiger partial charge in [-0.1, -0.05) is 32.9 Å². The van der Waals surface area contributed by atoms with Crippen LogP contribution < -0.4 is 0 Å². The van der Waals surface area contributed by atoms with Crippen LogP contribution in [0.4, 0.5) is 0 Å². The average molecular weight is 303 g/mol. The molecule has 0 radical (unpaired) electrons. The van der Waals surface area contributed by atoms with Crippen molar-refractivity contribution in [1.29, 1.82) is 0 Å². The van der Waals surface area contributed by atoms with Crippen LogP contribution in [0.2, 0.25) is 0 Å². The summed E-state index contributed by atoms with van der Waals surface area (Å²) in [4.78, 5) is 8.81. The molecule has 0 N–H and O–H groups in total. The standard InChI is InChI=1S/C18H23ClN2/c1-12-6-15(18(3,4)5)7-13(2)16(12)8-17-20-10-14(9-19)11-21-17/h6-7,10-11H,8-9H2,1-5H3. The zero-order valence-electron chi connectivity index (χ0n) is 13.5. The third-order valence-electron chi connectivity index (χ3n) is 3.81. The molecular formula is C18H23ClN2. The second-order valence-electron chi connectivity index (χ2n) is 6.66. The van der Waals surface area contributed by atoms with Crippen molar-refractivity contribution in [1.82, 2.24) is 9.97 Å². The predicted octanol–water partition coefficient (Wildman–Crippen LogP) is 4.72. The van der Waals surface area contributed by atoms with E-state index >= 15 is 0 Å². The quantitative estimate of drug-likeness (QED) is 0.767. The van der Waals surface area contributed by atoms with Gasteiger partial charge in [-0.25, -0.2) is 9.97 Å². The van der Waals surface area contributed by atoms with E-state index in [-0.39, 0.29) is 5.41 Å². The van der Waals surface area contributed by atoms with Gasteiger partial charge in [-0.3, -0.25) is 0 Å². The summed E-state index contributed by atoms with van der Waals surface area (Å²) in [6.07, 6.45) is 4.39. The van der Waals surface area contributed by atoms with Crippen LogP contribution in [-0.4, -0.2) is 9.97 Å². The maximum Gasteiger partial charge on any atom is 0.132 e. The van der Waals surface area contributed by atoms with E-state index in [1.54, 1.807) is 0 Å². The third-order valence-corrected chi connectivity index (χ3v) is 4.12. The summed E-state index contributed by atoms with van der Waals surface area (Å²) in [5.41, 5.74) is 6.44. The molecule has 0 saturated carbocycles. The van der Waals surface area contributed by atoms with Gasteiger partial charge in [0, 0.05) is 24.4 Å². The Hall–Kier alpha value is -1.41. The Bertz CT molecular complexity index is 602. The van der Waals surface area contributed by atoms with Crippen LogP contribution in [0.5, 0.6) is 0 Å². The summed E-state index contributed by atoms with van der Waals surface area (Å²) in [7, 11) is 0. The van der Waals surface area contributed by atoms with E-state index in [0.29, 0.717) is 5.88 Å². The highest BCUT2D eigenvalue weighted by Crippen LogP contribution is 2.27. The molecule has 0 aliphatic carbocycles. The lowest BCUT2D eigenvalue weighted by molar-refractivity contribution is 0.588. The van der Waals surface area contributed by atoms with Gasteiger partial charge in [-0.15, -0.1) is 11.6 Å². The maximum atomic E-state index is 5.77. The summed E-state index contributed by atoms with van der Waals surface area (Å²) in [5.74, 6) is 1.30. The normalized spacial score (nSPS) is 11.7. The number of halogens is 1. The van der Waals surface area contributed by atoms with Crippen molar-refractivity contribution in [3.8, 4) is 0 Å². The lowest BCUT2D eigenvalue weighted by Crippen LogP contribution is -2.13. The van der Waals surface area contributed by atoms with Gasteiger partial charge in [0.25, 0.3) is 0 Å². The van der Waals surface area contributed by atoms with Gasteiger partial charge >= 0.3 is 0 Å². The fraction of sp³-hybridized carbons (Fsp3) is 0.444. The number of aryl methyl sites for hydroxylation is 2. The molecule has 3 heteroatoms. The molecule has 0 bridgehead atoms. The zero-order valence-corrected chi connectivity index (χ0v) is 14.3. The second-order valence-corrected chi connectivity index (χ2v) is 6.92. The van der Waals surface area contributed by atoms with Crippen molar-refractivity contribution in [3.63, 3.8) is 0 Å². The monoisotopic (exact) mass is 302 g/mol. The van der Waals surface area contributed by atoms with Gasteiger partial charge in [0.2, 0.25) is 0 Å². The van der Waals surface area contributed by atoms with Crippen molar-refractivity contribution in [2.75, 3.05) is 0 Å². The first-order valence-corrected chi connectivity index (χ1v) is 7.81. The van der Waals surface area contributed by atoms with Crippen LogP contribution in [0, 0.1) is 13.8 Å². The fourth-order valence-corrected chi connectivity index (χ4v) is 2.54. The lowest BCUT2D eigenvalue weighted by atomic mass is 9.83. The first-order valence-electron chi connectivity index (χ1n) is 7.27. The Morgan fingerprint density at radius 1 is 1.00 bits per heavy atom. The minimum Gasteiger partial charge on any atom is -0.241 e. The topological polar surface area (TPSA) is 25.8 Å². The van der Waals surface area contributed by atoms with Crippen LogP contribution in [0.3, 0.4) is 0 Å². The molecule has 0 fully saturated rings. The van der Waals surface area contributed by atoms with E-state index in [2.05, 4.69) is 56.7 Å². The Labute approximate surface area is 132 Å². The van der Waals surface area contributed by atoms with Crippen molar-refractivity contribution < 1.29 is 0 Å². The van der Waals surface area contributed by atoms with Gasteiger partial charge in [-0.2, -0.15) is 0 Å². The third kappa shape index (κ3) is 3.82. The molecule has 0 amide bonds. The van der Waals surface area contributed by atoms with E-state index in [9.17, 15) is 0 Å². The first-order chi connectivity index (χ1) is 9.81. The molecule has 0 aliphatic rings. The lowest BCUT2D eigenvalue weighted by Gasteiger charge is -2.22. The number of alkyl halides is 1. The summed E-state index contributed by atoms with van der Waals surface area (Å²) in [6, 6.07) is 4.57. The van der Waals surface area contributed by atoms with Crippen LogP contribution >= 0.6 is 11.6 Å². The van der Waals surface area contributed by atoms with E-state index in [1.165, 1.54) is 22.3 Å². The van der Waals surface area contributed by atoms with Gasteiger partial charge in [-0.05, 0) is 41.5 Å². The fourth-order valence-electron chi connectivity index (χ4n) is 2.41. The van der Waals surface area contributed by atoms with Gasteiger partial charge in [0.15, 0.2) is 0 Å².